The number of hydrogen-bond acceptors (Lipinski definition) is 5. The van der Waals surface area contributed by atoms with E-state index >= 15 is 0 Å². The first-order valence-corrected chi connectivity index (χ1v) is 6.76. The highest BCUT2D eigenvalue weighted by Crippen LogP contribution is 2.25. The van der Waals surface area contributed by atoms with Gasteiger partial charge in [0.25, 0.3) is 0 Å². The van der Waals surface area contributed by atoms with E-state index in [2.05, 4.69) is 28.3 Å². The van der Waals surface area contributed by atoms with E-state index in [0.29, 0.717) is 0 Å². The van der Waals surface area contributed by atoms with Crippen LogP contribution in [0, 0.1) is 6.92 Å². The van der Waals surface area contributed by atoms with Gasteiger partial charge in [0, 0.05) is 19.0 Å². The van der Waals surface area contributed by atoms with E-state index < -0.39 is 0 Å². The number of aryl methyl sites for hydroxylation is 1. The molecule has 2 heterocycles. The molecule has 2 aromatic rings. The Morgan fingerprint density at radius 3 is 2.56 bits per heavy atom. The zero-order valence-corrected chi connectivity index (χ0v) is 12.0. The summed E-state index contributed by atoms with van der Waals surface area (Å²) in [5.41, 5.74) is 4.01. The summed E-state index contributed by atoms with van der Waals surface area (Å²) in [5.74, 6) is 0.960. The van der Waals surface area contributed by atoms with Crippen LogP contribution in [-0.2, 0) is 0 Å². The summed E-state index contributed by atoms with van der Waals surface area (Å²) < 4.78 is 0. The van der Waals surface area contributed by atoms with Crippen molar-refractivity contribution < 1.29 is 0 Å². The molecule has 0 saturated heterocycles. The maximum Gasteiger partial charge on any atom is 0.128 e. The van der Waals surface area contributed by atoms with Gasteiger partial charge in [0.2, 0.25) is 0 Å². The van der Waals surface area contributed by atoms with Crippen LogP contribution in [0.25, 0.3) is 0 Å². The molecular formula is C13H18N4S. The third-order valence-electron chi connectivity index (χ3n) is 2.77. The Bertz CT molecular complexity index is 504. The summed E-state index contributed by atoms with van der Waals surface area (Å²) in [6.45, 7) is 4.18. The number of pyridine rings is 1. The second-order valence-electron chi connectivity index (χ2n) is 4.47. The van der Waals surface area contributed by atoms with E-state index in [1.807, 2.05) is 43.7 Å². The average molecular weight is 262 g/mol. The number of nitrogens with zero attached hydrogens (tertiary/aromatic N) is 3. The third-order valence-corrected chi connectivity index (χ3v) is 3.88. The molecule has 2 rings (SSSR count). The Morgan fingerprint density at radius 2 is 2.06 bits per heavy atom. The van der Waals surface area contributed by atoms with Crippen molar-refractivity contribution in [2.75, 3.05) is 24.3 Å². The van der Waals surface area contributed by atoms with Crippen molar-refractivity contribution in [3.05, 3.63) is 34.4 Å². The molecule has 2 aromatic heterocycles. The fraction of sp³-hybridized carbons (Fsp3) is 0.385. The summed E-state index contributed by atoms with van der Waals surface area (Å²) in [5, 5.41) is 3.44. The Hall–Kier alpha value is -1.62. The van der Waals surface area contributed by atoms with Crippen molar-refractivity contribution in [3.8, 4) is 0 Å². The Balaban J connectivity index is 2.08. The number of nitrogens with one attached hydrogen (secondary N) is 1. The molecule has 1 atom stereocenters. The number of anilines is 2. The highest BCUT2D eigenvalue weighted by Gasteiger charge is 2.10. The van der Waals surface area contributed by atoms with Crippen molar-refractivity contribution in [1.82, 2.24) is 9.97 Å². The van der Waals surface area contributed by atoms with E-state index in [4.69, 9.17) is 0 Å². The molecule has 0 aliphatic rings. The first-order valence-electron chi connectivity index (χ1n) is 5.88. The number of thiazole rings is 1. The van der Waals surface area contributed by atoms with Crippen LogP contribution in [0.3, 0.4) is 0 Å². The fourth-order valence-corrected chi connectivity index (χ4v) is 2.59. The van der Waals surface area contributed by atoms with Gasteiger partial charge in [-0.05, 0) is 26.0 Å². The highest BCUT2D eigenvalue weighted by atomic mass is 32.1. The van der Waals surface area contributed by atoms with E-state index in [9.17, 15) is 0 Å². The van der Waals surface area contributed by atoms with Gasteiger partial charge in [-0.25, -0.2) is 9.97 Å². The molecule has 0 aliphatic heterocycles. The molecule has 0 fully saturated rings. The van der Waals surface area contributed by atoms with E-state index in [0.717, 1.165) is 17.2 Å². The predicted molar refractivity (Wildman–Crippen MR) is 77.5 cm³/mol. The predicted octanol–water partition coefficient (Wildman–Crippen LogP) is 3.09. The topological polar surface area (TPSA) is 41.1 Å². The van der Waals surface area contributed by atoms with Crippen LogP contribution in [0.15, 0.2) is 23.8 Å². The van der Waals surface area contributed by atoms with Gasteiger partial charge in [-0.15, -0.1) is 11.3 Å². The van der Waals surface area contributed by atoms with Gasteiger partial charge >= 0.3 is 0 Å². The second kappa shape index (κ2) is 5.35. The van der Waals surface area contributed by atoms with Crippen molar-refractivity contribution >= 4 is 22.8 Å². The largest absolute Gasteiger partial charge is 0.376 e. The smallest absolute Gasteiger partial charge is 0.128 e. The van der Waals surface area contributed by atoms with Gasteiger partial charge < -0.3 is 10.2 Å². The van der Waals surface area contributed by atoms with Gasteiger partial charge in [0.15, 0.2) is 0 Å². The maximum atomic E-state index is 4.39. The molecule has 0 radical (unpaired) electrons. The Labute approximate surface area is 112 Å². The molecule has 1 unspecified atom stereocenters. The first-order chi connectivity index (χ1) is 8.58. The molecule has 0 spiro atoms. The summed E-state index contributed by atoms with van der Waals surface area (Å²) in [4.78, 5) is 11.9. The molecule has 0 saturated carbocycles. The van der Waals surface area contributed by atoms with Crippen LogP contribution >= 0.6 is 11.3 Å². The number of rotatable bonds is 4. The molecule has 5 heteroatoms. The monoisotopic (exact) mass is 262 g/mol. The van der Waals surface area contributed by atoms with Crippen molar-refractivity contribution in [2.24, 2.45) is 0 Å². The molecule has 0 bridgehead atoms. The van der Waals surface area contributed by atoms with Crippen LogP contribution in [0.1, 0.15) is 23.5 Å². The highest BCUT2D eigenvalue weighted by molar-refractivity contribution is 7.09. The quantitative estimate of drug-likeness (QED) is 0.919. The van der Waals surface area contributed by atoms with E-state index in [1.54, 1.807) is 11.3 Å². The lowest BCUT2D eigenvalue weighted by Gasteiger charge is -2.16. The Morgan fingerprint density at radius 1 is 1.28 bits per heavy atom. The van der Waals surface area contributed by atoms with Crippen molar-refractivity contribution in [2.45, 2.75) is 19.9 Å². The molecule has 4 nitrogen and oxygen atoms in total. The van der Waals surface area contributed by atoms with Gasteiger partial charge in [-0.3, -0.25) is 0 Å². The fourth-order valence-electron chi connectivity index (χ4n) is 1.78. The Kier molecular flexibility index (Phi) is 3.81. The average Bonchev–Trinajstić information content (AvgIpc) is 2.76. The number of aromatic nitrogens is 2. The molecular weight excluding hydrogens is 244 g/mol. The lowest BCUT2D eigenvalue weighted by Crippen LogP contribution is -2.11. The summed E-state index contributed by atoms with van der Waals surface area (Å²) in [6, 6.07) is 4.31. The van der Waals surface area contributed by atoms with Crippen LogP contribution in [-0.4, -0.2) is 24.1 Å². The minimum absolute atomic E-state index is 0.254. The number of hydrogen-bond donors (Lipinski definition) is 1. The normalized spacial score (nSPS) is 12.2. The maximum absolute atomic E-state index is 4.39. The standard InChI is InChI=1S/C13H18N4S/c1-9-13(18-8-15-9)10(2)16-11-5-6-12(14-7-11)17(3)4/h5-8,10,16H,1-4H3. The second-order valence-corrected chi connectivity index (χ2v) is 5.35. The van der Waals surface area contributed by atoms with Gasteiger partial charge in [0.1, 0.15) is 5.82 Å². The molecule has 0 amide bonds. The molecule has 1 N–H and O–H groups in total. The lowest BCUT2D eigenvalue weighted by molar-refractivity contribution is 0.888. The zero-order chi connectivity index (χ0) is 13.1. The minimum atomic E-state index is 0.254. The van der Waals surface area contributed by atoms with Gasteiger partial charge in [0.05, 0.1) is 29.1 Å². The van der Waals surface area contributed by atoms with Gasteiger partial charge in [-0.2, -0.15) is 0 Å². The minimum Gasteiger partial charge on any atom is -0.376 e. The molecule has 0 aromatic carbocycles. The van der Waals surface area contributed by atoms with Crippen LogP contribution in [0.5, 0.6) is 0 Å². The lowest BCUT2D eigenvalue weighted by atomic mass is 10.2. The van der Waals surface area contributed by atoms with Crippen molar-refractivity contribution in [1.29, 1.82) is 0 Å². The molecule has 0 aliphatic carbocycles. The van der Waals surface area contributed by atoms with Crippen LogP contribution < -0.4 is 10.2 Å². The summed E-state index contributed by atoms with van der Waals surface area (Å²) >= 11 is 1.68. The summed E-state index contributed by atoms with van der Waals surface area (Å²) in [6.07, 6.45) is 1.86. The van der Waals surface area contributed by atoms with Gasteiger partial charge in [-0.1, -0.05) is 0 Å². The third kappa shape index (κ3) is 2.79. The van der Waals surface area contributed by atoms with E-state index in [1.165, 1.54) is 4.88 Å². The zero-order valence-electron chi connectivity index (χ0n) is 11.1. The van der Waals surface area contributed by atoms with Crippen LogP contribution in [0.4, 0.5) is 11.5 Å². The summed E-state index contributed by atoms with van der Waals surface area (Å²) in [7, 11) is 3.97. The molecule has 96 valence electrons. The SMILES string of the molecule is Cc1ncsc1C(C)Nc1ccc(N(C)C)nc1. The van der Waals surface area contributed by atoms with E-state index in [-0.39, 0.29) is 6.04 Å². The molecule has 18 heavy (non-hydrogen) atoms. The first kappa shape index (κ1) is 12.8. The van der Waals surface area contributed by atoms with Crippen molar-refractivity contribution in [3.63, 3.8) is 0 Å². The van der Waals surface area contributed by atoms with Crippen LogP contribution in [0.2, 0.25) is 0 Å².